The minimum atomic E-state index is 0.0125. The topological polar surface area (TPSA) is 77.0 Å². The number of thioether (sulfide) groups is 1. The number of benzene rings is 2. The van der Waals surface area contributed by atoms with Crippen LogP contribution in [-0.2, 0) is 4.79 Å². The second kappa shape index (κ2) is 8.87. The molecule has 26 heavy (non-hydrogen) atoms. The minimum Gasteiger partial charge on any atom is -0.355 e. The van der Waals surface area contributed by atoms with Crippen molar-refractivity contribution in [3.05, 3.63) is 54.1 Å². The zero-order chi connectivity index (χ0) is 18.4. The van der Waals surface area contributed by atoms with E-state index in [1.165, 1.54) is 11.8 Å². The van der Waals surface area contributed by atoms with Crippen molar-refractivity contribution in [3.63, 3.8) is 0 Å². The Hall–Kier alpha value is -2.31. The Morgan fingerprint density at radius 1 is 1.19 bits per heavy atom. The van der Waals surface area contributed by atoms with Crippen molar-refractivity contribution in [1.29, 1.82) is 5.41 Å². The molecule has 2 aromatic carbocycles. The van der Waals surface area contributed by atoms with E-state index in [0.717, 1.165) is 48.6 Å². The van der Waals surface area contributed by atoms with Crippen molar-refractivity contribution in [1.82, 2.24) is 5.32 Å². The van der Waals surface area contributed by atoms with Crippen molar-refractivity contribution < 1.29 is 4.79 Å². The SMILES string of the molecule is CSC(=N)c1ccc(NC(=O)C2CCCNC2)cc1Nc1ccccc1. The summed E-state index contributed by atoms with van der Waals surface area (Å²) in [5.74, 6) is 0.0639. The zero-order valence-corrected chi connectivity index (χ0v) is 15.7. The zero-order valence-electron chi connectivity index (χ0n) is 14.8. The molecule has 2 aromatic rings. The maximum Gasteiger partial charge on any atom is 0.228 e. The Balaban J connectivity index is 1.81. The Morgan fingerprint density at radius 2 is 2.00 bits per heavy atom. The molecule has 0 aliphatic carbocycles. The van der Waals surface area contributed by atoms with Gasteiger partial charge in [0.1, 0.15) is 0 Å². The molecule has 1 saturated heterocycles. The molecule has 1 amide bonds. The quantitative estimate of drug-likeness (QED) is 0.474. The fourth-order valence-electron chi connectivity index (χ4n) is 3.03. The van der Waals surface area contributed by atoms with Gasteiger partial charge in [-0.1, -0.05) is 18.2 Å². The minimum absolute atomic E-state index is 0.0125. The molecule has 1 aliphatic heterocycles. The summed E-state index contributed by atoms with van der Waals surface area (Å²) in [6.07, 6.45) is 3.84. The predicted octanol–water partition coefficient (Wildman–Crippen LogP) is 4.06. The summed E-state index contributed by atoms with van der Waals surface area (Å²) in [6, 6.07) is 15.5. The number of nitrogens with one attached hydrogen (secondary N) is 4. The third kappa shape index (κ3) is 4.65. The van der Waals surface area contributed by atoms with Crippen LogP contribution in [0.3, 0.4) is 0 Å². The first kappa shape index (κ1) is 18.5. The number of para-hydroxylation sites is 1. The molecule has 4 N–H and O–H groups in total. The molecule has 0 bridgehead atoms. The number of carbonyl (C=O) groups excluding carboxylic acids is 1. The first-order valence-corrected chi connectivity index (χ1v) is 10.0. The van der Waals surface area contributed by atoms with Gasteiger partial charge in [-0.05, 0) is 56.0 Å². The molecule has 0 saturated carbocycles. The summed E-state index contributed by atoms with van der Waals surface area (Å²) in [5, 5.41) is 18.3. The number of piperidine rings is 1. The van der Waals surface area contributed by atoms with Crippen LogP contribution in [0.5, 0.6) is 0 Å². The smallest absolute Gasteiger partial charge is 0.228 e. The standard InChI is InChI=1S/C20H24N4OS/c1-26-19(21)17-10-9-16(24-20(25)14-6-5-11-22-13-14)12-18(17)23-15-7-3-2-4-8-15/h2-4,7-10,12,14,21-23H,5-6,11,13H2,1H3,(H,24,25). The van der Waals surface area contributed by atoms with Crippen LogP contribution in [0, 0.1) is 11.3 Å². The van der Waals surface area contributed by atoms with Crippen molar-refractivity contribution in [2.75, 3.05) is 30.0 Å². The van der Waals surface area contributed by atoms with Gasteiger partial charge >= 0.3 is 0 Å². The molecule has 5 nitrogen and oxygen atoms in total. The molecule has 1 atom stereocenters. The number of hydrogen-bond donors (Lipinski definition) is 4. The van der Waals surface area contributed by atoms with Crippen molar-refractivity contribution in [2.24, 2.45) is 5.92 Å². The summed E-state index contributed by atoms with van der Waals surface area (Å²) in [7, 11) is 0. The molecule has 6 heteroatoms. The lowest BCUT2D eigenvalue weighted by Gasteiger charge is -2.22. The number of anilines is 3. The van der Waals surface area contributed by atoms with Crippen LogP contribution in [0.4, 0.5) is 17.1 Å². The van der Waals surface area contributed by atoms with Gasteiger partial charge in [-0.2, -0.15) is 0 Å². The van der Waals surface area contributed by atoms with Gasteiger partial charge in [-0.3, -0.25) is 10.2 Å². The Kier molecular flexibility index (Phi) is 6.30. The van der Waals surface area contributed by atoms with Gasteiger partial charge in [0, 0.05) is 23.5 Å². The molecular weight excluding hydrogens is 344 g/mol. The molecule has 0 spiro atoms. The Labute approximate surface area is 158 Å². The molecule has 136 valence electrons. The predicted molar refractivity (Wildman–Crippen MR) is 111 cm³/mol. The van der Waals surface area contributed by atoms with Gasteiger partial charge in [0.25, 0.3) is 0 Å². The van der Waals surface area contributed by atoms with E-state index in [2.05, 4.69) is 16.0 Å². The summed E-state index contributed by atoms with van der Waals surface area (Å²) in [6.45, 7) is 1.72. The normalized spacial score (nSPS) is 16.7. The highest BCUT2D eigenvalue weighted by Crippen LogP contribution is 2.28. The van der Waals surface area contributed by atoms with E-state index >= 15 is 0 Å². The lowest BCUT2D eigenvalue weighted by Crippen LogP contribution is -2.37. The van der Waals surface area contributed by atoms with Crippen LogP contribution in [0.1, 0.15) is 18.4 Å². The summed E-state index contributed by atoms with van der Waals surface area (Å²) >= 11 is 1.39. The van der Waals surface area contributed by atoms with Gasteiger partial charge in [0.15, 0.2) is 0 Å². The highest BCUT2D eigenvalue weighted by Gasteiger charge is 2.21. The van der Waals surface area contributed by atoms with E-state index < -0.39 is 0 Å². The second-order valence-electron chi connectivity index (χ2n) is 6.32. The molecular formula is C20H24N4OS. The molecule has 1 heterocycles. The maximum absolute atomic E-state index is 12.5. The second-order valence-corrected chi connectivity index (χ2v) is 7.13. The molecule has 1 unspecified atom stereocenters. The summed E-state index contributed by atoms with van der Waals surface area (Å²) in [5.41, 5.74) is 3.33. The number of carbonyl (C=O) groups is 1. The van der Waals surface area contributed by atoms with Crippen molar-refractivity contribution >= 4 is 39.8 Å². The van der Waals surface area contributed by atoms with Gasteiger partial charge in [-0.25, -0.2) is 0 Å². The fraction of sp³-hybridized carbons (Fsp3) is 0.300. The highest BCUT2D eigenvalue weighted by molar-refractivity contribution is 8.13. The highest BCUT2D eigenvalue weighted by atomic mass is 32.2. The molecule has 3 rings (SSSR count). The number of rotatable bonds is 5. The average Bonchev–Trinajstić information content (AvgIpc) is 2.69. The van der Waals surface area contributed by atoms with Gasteiger partial charge in [-0.15, -0.1) is 11.8 Å². The monoisotopic (exact) mass is 368 g/mol. The number of amides is 1. The lowest BCUT2D eigenvalue weighted by molar-refractivity contribution is -0.120. The van der Waals surface area contributed by atoms with E-state index in [9.17, 15) is 4.79 Å². The fourth-order valence-corrected chi connectivity index (χ4v) is 3.43. The third-order valence-electron chi connectivity index (χ3n) is 4.46. The van der Waals surface area contributed by atoms with Gasteiger partial charge in [0.2, 0.25) is 5.91 Å². The average molecular weight is 369 g/mol. The van der Waals surface area contributed by atoms with Crippen LogP contribution in [0.15, 0.2) is 48.5 Å². The van der Waals surface area contributed by atoms with Crippen molar-refractivity contribution in [2.45, 2.75) is 12.8 Å². The first-order chi connectivity index (χ1) is 12.7. The van der Waals surface area contributed by atoms with E-state index in [1.54, 1.807) is 0 Å². The maximum atomic E-state index is 12.5. The van der Waals surface area contributed by atoms with Crippen molar-refractivity contribution in [3.8, 4) is 0 Å². The van der Waals surface area contributed by atoms with Gasteiger partial charge < -0.3 is 16.0 Å². The van der Waals surface area contributed by atoms with E-state index in [4.69, 9.17) is 5.41 Å². The molecule has 0 radical (unpaired) electrons. The van der Waals surface area contributed by atoms with E-state index in [1.807, 2.05) is 54.8 Å². The van der Waals surface area contributed by atoms with Crippen LogP contribution in [-0.4, -0.2) is 30.3 Å². The third-order valence-corrected chi connectivity index (χ3v) is 5.08. The largest absolute Gasteiger partial charge is 0.355 e. The Bertz CT molecular complexity index is 773. The molecule has 0 aromatic heterocycles. The summed E-state index contributed by atoms with van der Waals surface area (Å²) in [4.78, 5) is 12.5. The van der Waals surface area contributed by atoms with Crippen LogP contribution < -0.4 is 16.0 Å². The first-order valence-electron chi connectivity index (χ1n) is 8.78. The van der Waals surface area contributed by atoms with Crippen LogP contribution in [0.25, 0.3) is 0 Å². The molecule has 1 aliphatic rings. The van der Waals surface area contributed by atoms with E-state index in [-0.39, 0.29) is 11.8 Å². The summed E-state index contributed by atoms with van der Waals surface area (Å²) < 4.78 is 0. The molecule has 1 fully saturated rings. The van der Waals surface area contributed by atoms with Crippen LogP contribution >= 0.6 is 11.8 Å². The van der Waals surface area contributed by atoms with E-state index in [0.29, 0.717) is 5.04 Å². The van der Waals surface area contributed by atoms with Gasteiger partial charge in [0.05, 0.1) is 16.6 Å². The number of hydrogen-bond acceptors (Lipinski definition) is 5. The Morgan fingerprint density at radius 3 is 2.69 bits per heavy atom. The lowest BCUT2D eigenvalue weighted by atomic mass is 9.98. The van der Waals surface area contributed by atoms with Crippen LogP contribution in [0.2, 0.25) is 0 Å².